The molecule has 1 aliphatic rings. The van der Waals surface area contributed by atoms with E-state index in [0.29, 0.717) is 5.16 Å². The third kappa shape index (κ3) is 3.01. The number of rotatable bonds is 1. The van der Waals surface area contributed by atoms with Crippen molar-refractivity contribution >= 4 is 8.58 Å². The highest BCUT2D eigenvalue weighted by atomic mass is 31.1. The lowest BCUT2D eigenvalue weighted by atomic mass is 10.3. The summed E-state index contributed by atoms with van der Waals surface area (Å²) in [6.07, 6.45) is 6.01. The van der Waals surface area contributed by atoms with Gasteiger partial charge in [0.1, 0.15) is 0 Å². The molecule has 1 heteroatoms. The highest BCUT2D eigenvalue weighted by Gasteiger charge is 2.21. The third-order valence-electron chi connectivity index (χ3n) is 1.99. The van der Waals surface area contributed by atoms with Crippen LogP contribution in [0, 0.1) is 0 Å². The molecule has 1 saturated carbocycles. The molecule has 0 nitrogen and oxygen atoms in total. The molecular formula is C9H19P. The fraction of sp³-hybridized carbons (Fsp3) is 1.00. The molecule has 0 aromatic heterocycles. The van der Waals surface area contributed by atoms with E-state index in [0.717, 1.165) is 5.66 Å². The Balaban J connectivity index is 2.24. The smallest absolute Gasteiger partial charge is 0.0204 e. The second-order valence-electron chi connectivity index (χ2n) is 4.38. The molecule has 1 atom stereocenters. The van der Waals surface area contributed by atoms with E-state index in [4.69, 9.17) is 0 Å². The molecule has 1 fully saturated rings. The maximum absolute atomic E-state index is 2.36. The van der Waals surface area contributed by atoms with Crippen LogP contribution in [0.1, 0.15) is 46.5 Å². The zero-order valence-electron chi connectivity index (χ0n) is 7.41. The summed E-state index contributed by atoms with van der Waals surface area (Å²) in [6, 6.07) is 0. The third-order valence-corrected chi connectivity index (χ3v) is 3.84. The van der Waals surface area contributed by atoms with Gasteiger partial charge in [0.2, 0.25) is 0 Å². The van der Waals surface area contributed by atoms with Crippen LogP contribution in [0.4, 0.5) is 0 Å². The first-order valence-corrected chi connectivity index (χ1v) is 5.43. The van der Waals surface area contributed by atoms with Gasteiger partial charge in [0.25, 0.3) is 0 Å². The summed E-state index contributed by atoms with van der Waals surface area (Å²) in [5.74, 6) is 0. The number of hydrogen-bond donors (Lipinski definition) is 0. The van der Waals surface area contributed by atoms with Crippen LogP contribution in [-0.2, 0) is 0 Å². The van der Waals surface area contributed by atoms with Gasteiger partial charge in [0, 0.05) is 0 Å². The molecule has 0 aliphatic heterocycles. The Kier molecular flexibility index (Phi) is 2.74. The molecule has 0 amide bonds. The van der Waals surface area contributed by atoms with Gasteiger partial charge in [0.15, 0.2) is 0 Å². The lowest BCUT2D eigenvalue weighted by molar-refractivity contribution is 0.767. The van der Waals surface area contributed by atoms with Crippen molar-refractivity contribution in [2.24, 2.45) is 0 Å². The molecule has 1 aliphatic carbocycles. The van der Waals surface area contributed by atoms with Gasteiger partial charge in [-0.15, -0.1) is 8.58 Å². The second-order valence-corrected chi connectivity index (χ2v) is 6.98. The van der Waals surface area contributed by atoms with Crippen LogP contribution in [0.2, 0.25) is 0 Å². The molecule has 1 unspecified atom stereocenters. The molecule has 60 valence electrons. The van der Waals surface area contributed by atoms with E-state index in [1.54, 1.807) is 0 Å². The normalized spacial score (nSPS) is 23.1. The van der Waals surface area contributed by atoms with E-state index >= 15 is 0 Å². The van der Waals surface area contributed by atoms with E-state index in [2.05, 4.69) is 20.8 Å². The average Bonchev–Trinajstić information content (AvgIpc) is 2.12. The average molecular weight is 158 g/mol. The molecule has 1 rings (SSSR count). The quantitative estimate of drug-likeness (QED) is 0.513. The molecule has 0 saturated heterocycles. The summed E-state index contributed by atoms with van der Waals surface area (Å²) in [4.78, 5) is 0. The van der Waals surface area contributed by atoms with Crippen molar-refractivity contribution in [2.75, 3.05) is 0 Å². The topological polar surface area (TPSA) is 0 Å². The largest absolute Gasteiger partial charge is 0.113 e. The molecule has 0 heterocycles. The molecule has 0 N–H and O–H groups in total. The maximum atomic E-state index is 2.36. The fourth-order valence-corrected chi connectivity index (χ4v) is 3.60. The molecule has 0 aromatic carbocycles. The summed E-state index contributed by atoms with van der Waals surface area (Å²) >= 11 is 0. The monoisotopic (exact) mass is 158 g/mol. The molecule has 0 aromatic rings. The first-order valence-electron chi connectivity index (χ1n) is 4.36. The lowest BCUT2D eigenvalue weighted by Gasteiger charge is -2.22. The van der Waals surface area contributed by atoms with E-state index in [1.165, 1.54) is 34.3 Å². The maximum Gasteiger partial charge on any atom is -0.0204 e. The predicted octanol–water partition coefficient (Wildman–Crippen LogP) is 3.41. The van der Waals surface area contributed by atoms with Crippen LogP contribution in [0.25, 0.3) is 0 Å². The molecule has 10 heavy (non-hydrogen) atoms. The first-order chi connectivity index (χ1) is 4.58. The fourth-order valence-electron chi connectivity index (χ4n) is 1.68. The standard InChI is InChI=1S/C9H19P/c1-9(2,3)10-8-6-4-5-7-8/h8,10H,4-7H2,1-3H3. The van der Waals surface area contributed by atoms with Gasteiger partial charge in [-0.3, -0.25) is 0 Å². The Labute approximate surface area is 66.6 Å². The van der Waals surface area contributed by atoms with Crippen molar-refractivity contribution in [1.82, 2.24) is 0 Å². The van der Waals surface area contributed by atoms with Crippen LogP contribution < -0.4 is 0 Å². The summed E-state index contributed by atoms with van der Waals surface area (Å²) in [7, 11) is 1.20. The van der Waals surface area contributed by atoms with Crippen molar-refractivity contribution in [3.63, 3.8) is 0 Å². The van der Waals surface area contributed by atoms with Crippen LogP contribution in [0.15, 0.2) is 0 Å². The zero-order chi connectivity index (χ0) is 7.61. The number of hydrogen-bond acceptors (Lipinski definition) is 0. The van der Waals surface area contributed by atoms with E-state index in [1.807, 2.05) is 0 Å². The highest BCUT2D eigenvalue weighted by Crippen LogP contribution is 2.42. The van der Waals surface area contributed by atoms with Crippen molar-refractivity contribution in [3.8, 4) is 0 Å². The van der Waals surface area contributed by atoms with E-state index < -0.39 is 0 Å². The van der Waals surface area contributed by atoms with Gasteiger partial charge < -0.3 is 0 Å². The Morgan fingerprint density at radius 2 is 1.60 bits per heavy atom. The van der Waals surface area contributed by atoms with Gasteiger partial charge in [-0.2, -0.15) is 0 Å². The summed E-state index contributed by atoms with van der Waals surface area (Å²) in [6.45, 7) is 7.09. The molecule has 0 radical (unpaired) electrons. The molecular weight excluding hydrogens is 139 g/mol. The van der Waals surface area contributed by atoms with Gasteiger partial charge in [-0.05, 0) is 23.7 Å². The second kappa shape index (κ2) is 3.22. The van der Waals surface area contributed by atoms with Crippen molar-refractivity contribution in [1.29, 1.82) is 0 Å². The summed E-state index contributed by atoms with van der Waals surface area (Å²) in [5.41, 5.74) is 1.08. The van der Waals surface area contributed by atoms with Gasteiger partial charge in [-0.1, -0.05) is 33.6 Å². The van der Waals surface area contributed by atoms with Crippen molar-refractivity contribution in [3.05, 3.63) is 0 Å². The summed E-state index contributed by atoms with van der Waals surface area (Å²) < 4.78 is 0. The van der Waals surface area contributed by atoms with Crippen molar-refractivity contribution < 1.29 is 0 Å². The predicted molar refractivity (Wildman–Crippen MR) is 50.3 cm³/mol. The Hall–Kier alpha value is 0.430. The Bertz CT molecular complexity index is 95.8. The molecule has 0 bridgehead atoms. The van der Waals surface area contributed by atoms with Crippen LogP contribution in [0.3, 0.4) is 0 Å². The van der Waals surface area contributed by atoms with Crippen molar-refractivity contribution in [2.45, 2.75) is 57.3 Å². The SMILES string of the molecule is CC(C)(C)PC1CCCC1. The first kappa shape index (κ1) is 8.53. The lowest BCUT2D eigenvalue weighted by Crippen LogP contribution is -2.10. The van der Waals surface area contributed by atoms with Gasteiger partial charge in [-0.25, -0.2) is 0 Å². The minimum Gasteiger partial charge on any atom is -0.113 e. The van der Waals surface area contributed by atoms with Crippen LogP contribution >= 0.6 is 8.58 Å². The van der Waals surface area contributed by atoms with E-state index in [-0.39, 0.29) is 0 Å². The van der Waals surface area contributed by atoms with Crippen LogP contribution in [0.5, 0.6) is 0 Å². The van der Waals surface area contributed by atoms with E-state index in [9.17, 15) is 0 Å². The zero-order valence-corrected chi connectivity index (χ0v) is 8.41. The highest BCUT2D eigenvalue weighted by molar-refractivity contribution is 7.40. The minimum atomic E-state index is 0.592. The molecule has 0 spiro atoms. The Morgan fingerprint density at radius 3 is 2.00 bits per heavy atom. The Morgan fingerprint density at radius 1 is 1.10 bits per heavy atom. The summed E-state index contributed by atoms with van der Waals surface area (Å²) in [5, 5.41) is 0.592. The van der Waals surface area contributed by atoms with Gasteiger partial charge in [0.05, 0.1) is 0 Å². The minimum absolute atomic E-state index is 0.592. The van der Waals surface area contributed by atoms with Crippen LogP contribution in [-0.4, -0.2) is 10.8 Å². The van der Waals surface area contributed by atoms with Gasteiger partial charge >= 0.3 is 0 Å².